The van der Waals surface area contributed by atoms with E-state index in [0.717, 1.165) is 4.47 Å². The molecule has 1 heterocycles. The minimum Gasteiger partial charge on any atom is -0.484 e. The van der Waals surface area contributed by atoms with Gasteiger partial charge in [-0.3, -0.25) is 9.59 Å². The highest BCUT2D eigenvalue weighted by molar-refractivity contribution is 9.10. The number of benzene rings is 1. The molecule has 0 spiro atoms. The van der Waals surface area contributed by atoms with Crippen LogP contribution in [0.5, 0.6) is 5.75 Å². The number of ether oxygens (including phenoxy) is 1. The Morgan fingerprint density at radius 3 is 2.09 bits per heavy atom. The molecule has 8 heteroatoms. The van der Waals surface area contributed by atoms with Gasteiger partial charge in [0.15, 0.2) is 6.61 Å². The summed E-state index contributed by atoms with van der Waals surface area (Å²) in [6.07, 6.45) is 0.362. The molecule has 2 N–H and O–H groups in total. The molecule has 1 aliphatic rings. The number of nitrogens with zero attached hydrogens (tertiary/aromatic N) is 2. The molecule has 0 unspecified atom stereocenters. The lowest BCUT2D eigenvalue weighted by Gasteiger charge is -2.34. The van der Waals surface area contributed by atoms with Crippen LogP contribution >= 0.6 is 28.3 Å². The highest BCUT2D eigenvalue weighted by Gasteiger charge is 2.23. The third-order valence-electron chi connectivity index (χ3n) is 3.52. The second-order valence-electron chi connectivity index (χ2n) is 5.04. The van der Waals surface area contributed by atoms with E-state index in [1.807, 2.05) is 12.1 Å². The summed E-state index contributed by atoms with van der Waals surface area (Å²) in [5.41, 5.74) is 5.38. The number of halogens is 2. The second kappa shape index (κ2) is 9.75. The summed E-state index contributed by atoms with van der Waals surface area (Å²) in [7, 11) is 0. The van der Waals surface area contributed by atoms with Crippen molar-refractivity contribution in [1.29, 1.82) is 0 Å². The zero-order valence-electron chi connectivity index (χ0n) is 12.7. The fourth-order valence-corrected chi connectivity index (χ4v) is 2.52. The lowest BCUT2D eigenvalue weighted by molar-refractivity contribution is -0.140. The van der Waals surface area contributed by atoms with Gasteiger partial charge in [-0.15, -0.1) is 12.4 Å². The molecule has 0 radical (unpaired) electrons. The first-order valence-corrected chi connectivity index (χ1v) is 8.03. The zero-order valence-corrected chi connectivity index (χ0v) is 15.1. The minimum absolute atomic E-state index is 0. The molecule has 2 rings (SSSR count). The van der Waals surface area contributed by atoms with Crippen LogP contribution in [-0.4, -0.2) is 60.9 Å². The normalized spacial score (nSPS) is 14.2. The molecule has 0 aliphatic carbocycles. The quantitative estimate of drug-likeness (QED) is 0.799. The van der Waals surface area contributed by atoms with Crippen molar-refractivity contribution >= 4 is 40.2 Å². The highest BCUT2D eigenvalue weighted by atomic mass is 79.9. The van der Waals surface area contributed by atoms with Crippen molar-refractivity contribution in [3.05, 3.63) is 28.7 Å². The van der Waals surface area contributed by atoms with E-state index < -0.39 is 0 Å². The van der Waals surface area contributed by atoms with Crippen LogP contribution in [0, 0.1) is 0 Å². The number of amides is 2. The van der Waals surface area contributed by atoms with E-state index in [1.165, 1.54) is 0 Å². The van der Waals surface area contributed by atoms with Crippen molar-refractivity contribution in [1.82, 2.24) is 9.80 Å². The van der Waals surface area contributed by atoms with Crippen LogP contribution in [-0.2, 0) is 9.59 Å². The number of nitrogens with two attached hydrogens (primary N) is 1. The van der Waals surface area contributed by atoms with Gasteiger partial charge in [0.2, 0.25) is 5.91 Å². The van der Waals surface area contributed by atoms with Crippen molar-refractivity contribution in [3.8, 4) is 5.75 Å². The molecule has 6 nitrogen and oxygen atoms in total. The maximum atomic E-state index is 12.1. The molecule has 1 saturated heterocycles. The first-order chi connectivity index (χ1) is 10.6. The van der Waals surface area contributed by atoms with Crippen LogP contribution in [0.1, 0.15) is 6.42 Å². The van der Waals surface area contributed by atoms with Gasteiger partial charge in [-0.25, -0.2) is 0 Å². The number of hydrogen-bond donors (Lipinski definition) is 1. The Morgan fingerprint density at radius 1 is 1.04 bits per heavy atom. The van der Waals surface area contributed by atoms with E-state index >= 15 is 0 Å². The molecule has 0 aromatic heterocycles. The van der Waals surface area contributed by atoms with Gasteiger partial charge in [-0.1, -0.05) is 15.9 Å². The number of piperazine rings is 1. The Balaban J connectivity index is 0.00000264. The van der Waals surface area contributed by atoms with Crippen molar-refractivity contribution in [2.75, 3.05) is 39.3 Å². The molecule has 1 aliphatic heterocycles. The van der Waals surface area contributed by atoms with E-state index in [9.17, 15) is 9.59 Å². The van der Waals surface area contributed by atoms with E-state index in [0.29, 0.717) is 44.9 Å². The molecule has 2 amide bonds. The van der Waals surface area contributed by atoms with Gasteiger partial charge in [0.05, 0.1) is 0 Å². The van der Waals surface area contributed by atoms with Crippen molar-refractivity contribution < 1.29 is 14.3 Å². The van der Waals surface area contributed by atoms with Crippen molar-refractivity contribution in [3.63, 3.8) is 0 Å². The summed E-state index contributed by atoms with van der Waals surface area (Å²) in [6, 6.07) is 7.34. The van der Waals surface area contributed by atoms with E-state index in [1.54, 1.807) is 21.9 Å². The maximum absolute atomic E-state index is 12.1. The van der Waals surface area contributed by atoms with Gasteiger partial charge in [-0.2, -0.15) is 0 Å². The maximum Gasteiger partial charge on any atom is 0.260 e. The van der Waals surface area contributed by atoms with Crippen LogP contribution in [0.4, 0.5) is 0 Å². The van der Waals surface area contributed by atoms with Crippen LogP contribution in [0.25, 0.3) is 0 Å². The molecule has 128 valence electrons. The number of hydrogen-bond acceptors (Lipinski definition) is 4. The molecule has 1 fully saturated rings. The molecular formula is C15H21BrClN3O3. The van der Waals surface area contributed by atoms with Crippen LogP contribution in [0.15, 0.2) is 28.7 Å². The standard InChI is InChI=1S/C15H20BrN3O3.ClH/c16-12-1-3-13(4-2-12)22-11-15(21)19-9-7-18(8-10-19)14(20)5-6-17;/h1-4H,5-11,17H2;1H. The van der Waals surface area contributed by atoms with Crippen LogP contribution < -0.4 is 10.5 Å². The summed E-state index contributed by atoms with van der Waals surface area (Å²) in [4.78, 5) is 27.3. The minimum atomic E-state index is -0.0613. The average Bonchev–Trinajstić information content (AvgIpc) is 2.54. The summed E-state index contributed by atoms with van der Waals surface area (Å²) in [6.45, 7) is 2.57. The summed E-state index contributed by atoms with van der Waals surface area (Å²) in [5.74, 6) is 0.655. The average molecular weight is 407 g/mol. The van der Waals surface area contributed by atoms with Gasteiger partial charge < -0.3 is 20.3 Å². The van der Waals surface area contributed by atoms with Crippen molar-refractivity contribution in [2.24, 2.45) is 5.73 Å². The molecule has 0 bridgehead atoms. The monoisotopic (exact) mass is 405 g/mol. The number of carbonyl (C=O) groups excluding carboxylic acids is 2. The first-order valence-electron chi connectivity index (χ1n) is 7.24. The fourth-order valence-electron chi connectivity index (χ4n) is 2.25. The molecule has 23 heavy (non-hydrogen) atoms. The fraction of sp³-hybridized carbons (Fsp3) is 0.467. The first kappa shape index (κ1) is 19.7. The lowest BCUT2D eigenvalue weighted by atomic mass is 10.2. The third kappa shape index (κ3) is 6.01. The third-order valence-corrected chi connectivity index (χ3v) is 4.05. The van der Waals surface area contributed by atoms with Crippen LogP contribution in [0.2, 0.25) is 0 Å². The van der Waals surface area contributed by atoms with Gasteiger partial charge in [-0.05, 0) is 24.3 Å². The topological polar surface area (TPSA) is 75.9 Å². The predicted molar refractivity (Wildman–Crippen MR) is 93.7 cm³/mol. The zero-order chi connectivity index (χ0) is 15.9. The van der Waals surface area contributed by atoms with Gasteiger partial charge in [0, 0.05) is 43.6 Å². The smallest absolute Gasteiger partial charge is 0.260 e. The Morgan fingerprint density at radius 2 is 1.57 bits per heavy atom. The van der Waals surface area contributed by atoms with Gasteiger partial charge in [0.1, 0.15) is 5.75 Å². The van der Waals surface area contributed by atoms with Crippen molar-refractivity contribution in [2.45, 2.75) is 6.42 Å². The van der Waals surface area contributed by atoms with Gasteiger partial charge >= 0.3 is 0 Å². The van der Waals surface area contributed by atoms with Gasteiger partial charge in [0.25, 0.3) is 5.91 Å². The second-order valence-corrected chi connectivity index (χ2v) is 5.96. The number of carbonyl (C=O) groups is 2. The van der Waals surface area contributed by atoms with Crippen LogP contribution in [0.3, 0.4) is 0 Å². The highest BCUT2D eigenvalue weighted by Crippen LogP contribution is 2.16. The SMILES string of the molecule is Cl.NCCC(=O)N1CCN(C(=O)COc2ccc(Br)cc2)CC1. The largest absolute Gasteiger partial charge is 0.484 e. The predicted octanol–water partition coefficient (Wildman–Crippen LogP) is 1.27. The summed E-state index contributed by atoms with van der Waals surface area (Å²) in [5, 5.41) is 0. The molecule has 1 aromatic carbocycles. The Bertz CT molecular complexity index is 519. The van der Waals surface area contributed by atoms with E-state index in [-0.39, 0.29) is 30.8 Å². The Labute approximate surface area is 150 Å². The lowest BCUT2D eigenvalue weighted by Crippen LogP contribution is -2.51. The Hall–Kier alpha value is -1.31. The van der Waals surface area contributed by atoms with E-state index in [4.69, 9.17) is 10.5 Å². The number of rotatable bonds is 5. The molecule has 1 aromatic rings. The molecule has 0 saturated carbocycles. The molecule has 0 atom stereocenters. The molecular weight excluding hydrogens is 386 g/mol. The van der Waals surface area contributed by atoms with E-state index in [2.05, 4.69) is 15.9 Å². The summed E-state index contributed by atoms with van der Waals surface area (Å²) >= 11 is 3.35. The Kier molecular flexibility index (Phi) is 8.36. The summed E-state index contributed by atoms with van der Waals surface area (Å²) < 4.78 is 6.44.